The van der Waals surface area contributed by atoms with Crippen molar-refractivity contribution in [3.8, 4) is 0 Å². The average Bonchev–Trinajstić information content (AvgIpc) is 2.95. The van der Waals surface area contributed by atoms with Gasteiger partial charge in [0.1, 0.15) is 11.6 Å². The molecule has 134 valence electrons. The number of hydrogen-bond donors (Lipinski definition) is 0. The second-order valence-electron chi connectivity index (χ2n) is 6.90. The molecule has 1 aliphatic heterocycles. The molecule has 2 aromatic rings. The molecule has 0 aliphatic carbocycles. The Morgan fingerprint density at radius 3 is 2.40 bits per heavy atom. The zero-order valence-electron chi connectivity index (χ0n) is 15.4. The predicted octanol–water partition coefficient (Wildman–Crippen LogP) is 1.96. The molecule has 1 aromatic heterocycles. The van der Waals surface area contributed by atoms with Crippen molar-refractivity contribution in [2.45, 2.75) is 32.7 Å². The van der Waals surface area contributed by atoms with Gasteiger partial charge in [0.2, 0.25) is 5.91 Å². The Kier molecular flexibility index (Phi) is 5.48. The summed E-state index contributed by atoms with van der Waals surface area (Å²) in [5, 5.41) is 8.34. The fraction of sp³-hybridized carbons (Fsp3) is 0.526. The van der Waals surface area contributed by atoms with Gasteiger partial charge in [0.15, 0.2) is 0 Å². The van der Waals surface area contributed by atoms with Crippen LogP contribution in [0.3, 0.4) is 0 Å². The van der Waals surface area contributed by atoms with Crippen molar-refractivity contribution in [3.05, 3.63) is 47.5 Å². The second kappa shape index (κ2) is 7.78. The molecule has 0 spiro atoms. The van der Waals surface area contributed by atoms with Gasteiger partial charge in [-0.2, -0.15) is 0 Å². The molecule has 1 aliphatic rings. The SMILES string of the molecule is Cc1nnc(CN2CCN(C(=O)CC(C)c3ccccc3)CC2)n1C. The van der Waals surface area contributed by atoms with E-state index < -0.39 is 0 Å². The van der Waals surface area contributed by atoms with Gasteiger partial charge in [-0.05, 0) is 18.4 Å². The minimum atomic E-state index is 0.255. The van der Waals surface area contributed by atoms with E-state index in [0.717, 1.165) is 44.4 Å². The Morgan fingerprint density at radius 2 is 1.80 bits per heavy atom. The number of carbonyl (C=O) groups is 1. The van der Waals surface area contributed by atoms with Gasteiger partial charge in [-0.1, -0.05) is 37.3 Å². The van der Waals surface area contributed by atoms with Crippen molar-refractivity contribution in [1.82, 2.24) is 24.6 Å². The van der Waals surface area contributed by atoms with Gasteiger partial charge in [0.05, 0.1) is 6.54 Å². The molecule has 6 heteroatoms. The quantitative estimate of drug-likeness (QED) is 0.834. The number of rotatable bonds is 5. The smallest absolute Gasteiger partial charge is 0.223 e. The fourth-order valence-electron chi connectivity index (χ4n) is 3.23. The highest BCUT2D eigenvalue weighted by Crippen LogP contribution is 2.20. The van der Waals surface area contributed by atoms with Crippen molar-refractivity contribution in [2.75, 3.05) is 26.2 Å². The molecule has 6 nitrogen and oxygen atoms in total. The average molecular weight is 341 g/mol. The molecule has 1 atom stereocenters. The largest absolute Gasteiger partial charge is 0.340 e. The number of carbonyl (C=O) groups excluding carboxylic acids is 1. The minimum Gasteiger partial charge on any atom is -0.340 e. The van der Waals surface area contributed by atoms with Gasteiger partial charge in [-0.15, -0.1) is 10.2 Å². The number of amides is 1. The lowest BCUT2D eigenvalue weighted by Gasteiger charge is -2.35. The number of piperazine rings is 1. The molecule has 2 heterocycles. The third-order valence-corrected chi connectivity index (χ3v) is 5.12. The number of hydrogen-bond acceptors (Lipinski definition) is 4. The van der Waals surface area contributed by atoms with Gasteiger partial charge in [-0.25, -0.2) is 0 Å². The van der Waals surface area contributed by atoms with Gasteiger partial charge in [0.25, 0.3) is 0 Å². The van der Waals surface area contributed by atoms with Crippen LogP contribution in [-0.4, -0.2) is 56.7 Å². The highest BCUT2D eigenvalue weighted by Gasteiger charge is 2.23. The van der Waals surface area contributed by atoms with E-state index in [2.05, 4.69) is 34.2 Å². The molecule has 1 amide bonds. The predicted molar refractivity (Wildman–Crippen MR) is 97.1 cm³/mol. The fourth-order valence-corrected chi connectivity index (χ4v) is 3.23. The Bertz CT molecular complexity index is 704. The molecule has 0 radical (unpaired) electrons. The molecular formula is C19H27N5O. The number of aryl methyl sites for hydroxylation is 1. The van der Waals surface area contributed by atoms with Crippen LogP contribution in [0.4, 0.5) is 0 Å². The summed E-state index contributed by atoms with van der Waals surface area (Å²) in [7, 11) is 2.00. The Hall–Kier alpha value is -2.21. The highest BCUT2D eigenvalue weighted by atomic mass is 16.2. The van der Waals surface area contributed by atoms with Crippen LogP contribution in [0.5, 0.6) is 0 Å². The summed E-state index contributed by atoms with van der Waals surface area (Å²) in [5.41, 5.74) is 1.23. The van der Waals surface area contributed by atoms with E-state index in [9.17, 15) is 4.79 Å². The lowest BCUT2D eigenvalue weighted by molar-refractivity contribution is -0.133. The lowest BCUT2D eigenvalue weighted by Crippen LogP contribution is -2.48. The summed E-state index contributed by atoms with van der Waals surface area (Å²) in [4.78, 5) is 16.9. The van der Waals surface area contributed by atoms with E-state index >= 15 is 0 Å². The summed E-state index contributed by atoms with van der Waals surface area (Å²) in [6.45, 7) is 8.23. The van der Waals surface area contributed by atoms with Crippen LogP contribution in [0.2, 0.25) is 0 Å². The maximum atomic E-state index is 12.6. The molecule has 1 fully saturated rings. The van der Waals surface area contributed by atoms with E-state index in [1.54, 1.807) is 0 Å². The molecule has 25 heavy (non-hydrogen) atoms. The Balaban J connectivity index is 1.48. The maximum Gasteiger partial charge on any atom is 0.223 e. The molecule has 1 aromatic carbocycles. The van der Waals surface area contributed by atoms with Crippen LogP contribution >= 0.6 is 0 Å². The normalized spacial score (nSPS) is 16.8. The summed E-state index contributed by atoms with van der Waals surface area (Å²) >= 11 is 0. The maximum absolute atomic E-state index is 12.6. The standard InChI is InChI=1S/C19H27N5O/c1-15(17-7-5-4-6-8-17)13-19(25)24-11-9-23(10-12-24)14-18-21-20-16(2)22(18)3/h4-8,15H,9-14H2,1-3H3. The van der Waals surface area contributed by atoms with Crippen molar-refractivity contribution in [1.29, 1.82) is 0 Å². The molecule has 3 rings (SSSR count). The first-order chi connectivity index (χ1) is 12.0. The first kappa shape index (κ1) is 17.6. The zero-order chi connectivity index (χ0) is 17.8. The Morgan fingerprint density at radius 1 is 1.12 bits per heavy atom. The van der Waals surface area contributed by atoms with Crippen molar-refractivity contribution in [3.63, 3.8) is 0 Å². The zero-order valence-corrected chi connectivity index (χ0v) is 15.4. The van der Waals surface area contributed by atoms with Crippen LogP contribution in [0, 0.1) is 6.92 Å². The first-order valence-corrected chi connectivity index (χ1v) is 8.94. The van der Waals surface area contributed by atoms with E-state index in [1.165, 1.54) is 5.56 Å². The van der Waals surface area contributed by atoms with Crippen LogP contribution in [0.25, 0.3) is 0 Å². The van der Waals surface area contributed by atoms with Crippen molar-refractivity contribution >= 4 is 5.91 Å². The van der Waals surface area contributed by atoms with Gasteiger partial charge in [0, 0.05) is 39.6 Å². The van der Waals surface area contributed by atoms with E-state index in [0.29, 0.717) is 6.42 Å². The highest BCUT2D eigenvalue weighted by molar-refractivity contribution is 5.77. The van der Waals surface area contributed by atoms with Gasteiger partial charge >= 0.3 is 0 Å². The number of nitrogens with zero attached hydrogens (tertiary/aromatic N) is 5. The van der Waals surface area contributed by atoms with Gasteiger partial charge < -0.3 is 9.47 Å². The third kappa shape index (κ3) is 4.25. The van der Waals surface area contributed by atoms with Crippen molar-refractivity contribution in [2.24, 2.45) is 7.05 Å². The lowest BCUT2D eigenvalue weighted by atomic mass is 9.97. The molecule has 0 saturated carbocycles. The monoisotopic (exact) mass is 341 g/mol. The number of aromatic nitrogens is 3. The molecule has 1 saturated heterocycles. The second-order valence-corrected chi connectivity index (χ2v) is 6.90. The summed E-state index contributed by atoms with van der Waals surface area (Å²) in [6.07, 6.45) is 0.576. The van der Waals surface area contributed by atoms with Crippen LogP contribution in [0.15, 0.2) is 30.3 Å². The summed E-state index contributed by atoms with van der Waals surface area (Å²) < 4.78 is 2.03. The van der Waals surface area contributed by atoms with E-state index in [1.807, 2.05) is 41.6 Å². The minimum absolute atomic E-state index is 0.255. The molecular weight excluding hydrogens is 314 g/mol. The molecule has 0 bridgehead atoms. The van der Waals surface area contributed by atoms with Crippen LogP contribution in [0.1, 0.15) is 36.5 Å². The summed E-state index contributed by atoms with van der Waals surface area (Å²) in [5.74, 6) is 2.42. The van der Waals surface area contributed by atoms with Crippen molar-refractivity contribution < 1.29 is 4.79 Å². The van der Waals surface area contributed by atoms with Gasteiger partial charge in [-0.3, -0.25) is 9.69 Å². The topological polar surface area (TPSA) is 54.3 Å². The Labute approximate surface area is 149 Å². The molecule has 0 N–H and O–H groups in total. The third-order valence-electron chi connectivity index (χ3n) is 5.12. The van der Waals surface area contributed by atoms with Crippen LogP contribution < -0.4 is 0 Å². The van der Waals surface area contributed by atoms with E-state index in [4.69, 9.17) is 0 Å². The molecule has 1 unspecified atom stereocenters. The summed E-state index contributed by atoms with van der Waals surface area (Å²) in [6, 6.07) is 10.3. The number of benzene rings is 1. The van der Waals surface area contributed by atoms with Crippen LogP contribution in [-0.2, 0) is 18.4 Å². The van der Waals surface area contributed by atoms with E-state index in [-0.39, 0.29) is 11.8 Å². The first-order valence-electron chi connectivity index (χ1n) is 8.94.